The summed E-state index contributed by atoms with van der Waals surface area (Å²) in [5, 5.41) is 15.6. The van der Waals surface area contributed by atoms with Gasteiger partial charge in [-0.1, -0.05) is 24.3 Å². The molecule has 0 radical (unpaired) electrons. The van der Waals surface area contributed by atoms with Crippen LogP contribution in [0.25, 0.3) is 5.69 Å². The smallest absolute Gasteiger partial charge is 0.270 e. The van der Waals surface area contributed by atoms with Crippen LogP contribution in [0, 0.1) is 24.0 Å². The predicted molar refractivity (Wildman–Crippen MR) is 125 cm³/mol. The van der Waals surface area contributed by atoms with Crippen LogP contribution in [0.15, 0.2) is 59.5 Å². The number of non-ortho nitro benzene ring substituents is 1. The molecule has 178 valence electrons. The second kappa shape index (κ2) is 9.35. The van der Waals surface area contributed by atoms with E-state index in [1.807, 2.05) is 48.9 Å². The van der Waals surface area contributed by atoms with E-state index in [1.54, 1.807) is 4.90 Å². The van der Waals surface area contributed by atoms with Crippen LogP contribution in [0.5, 0.6) is 0 Å². The third-order valence-corrected chi connectivity index (χ3v) is 7.92. The number of nitro benzene ring substituents is 1. The van der Waals surface area contributed by atoms with E-state index >= 15 is 0 Å². The molecule has 1 amide bonds. The summed E-state index contributed by atoms with van der Waals surface area (Å²) >= 11 is 0. The normalized spacial score (nSPS) is 14.8. The SMILES string of the molecule is Cc1nn(-c2ccccc2)c(C)c1CC(=O)N1CCN(S(=O)(=O)c2cccc([N+](=O)[O-])c2)CC1. The highest BCUT2D eigenvalue weighted by Crippen LogP contribution is 2.23. The molecule has 3 aromatic rings. The van der Waals surface area contributed by atoms with Crippen LogP contribution in [0.2, 0.25) is 0 Å². The molecule has 1 saturated heterocycles. The first kappa shape index (κ1) is 23.6. The fraction of sp³-hybridized carbons (Fsp3) is 0.304. The largest absolute Gasteiger partial charge is 0.340 e. The Labute approximate surface area is 197 Å². The van der Waals surface area contributed by atoms with Gasteiger partial charge in [0.15, 0.2) is 0 Å². The number of rotatable bonds is 6. The molecule has 0 atom stereocenters. The molecule has 2 heterocycles. The van der Waals surface area contributed by atoms with Crippen molar-refractivity contribution in [2.45, 2.75) is 25.2 Å². The third kappa shape index (κ3) is 4.57. The van der Waals surface area contributed by atoms with Crippen molar-refractivity contribution < 1.29 is 18.1 Å². The second-order valence-electron chi connectivity index (χ2n) is 8.11. The number of carbonyl (C=O) groups is 1. The lowest BCUT2D eigenvalue weighted by Gasteiger charge is -2.34. The van der Waals surface area contributed by atoms with Crippen molar-refractivity contribution in [3.05, 3.63) is 81.7 Å². The lowest BCUT2D eigenvalue weighted by atomic mass is 10.1. The van der Waals surface area contributed by atoms with Crippen molar-refractivity contribution in [2.75, 3.05) is 26.2 Å². The first-order valence-electron chi connectivity index (χ1n) is 10.8. The van der Waals surface area contributed by atoms with E-state index in [0.29, 0.717) is 0 Å². The van der Waals surface area contributed by atoms with Gasteiger partial charge in [0.05, 0.1) is 27.6 Å². The Morgan fingerprint density at radius 2 is 1.71 bits per heavy atom. The molecular formula is C23H25N5O5S. The average Bonchev–Trinajstić information content (AvgIpc) is 3.13. The maximum Gasteiger partial charge on any atom is 0.270 e. The Morgan fingerprint density at radius 3 is 2.35 bits per heavy atom. The number of hydrogen-bond acceptors (Lipinski definition) is 6. The molecule has 0 aliphatic carbocycles. The quantitative estimate of drug-likeness (QED) is 0.393. The van der Waals surface area contributed by atoms with Gasteiger partial charge in [-0.25, -0.2) is 13.1 Å². The summed E-state index contributed by atoms with van der Waals surface area (Å²) in [5.74, 6) is -0.0915. The molecule has 1 fully saturated rings. The highest BCUT2D eigenvalue weighted by Gasteiger charge is 2.31. The maximum absolute atomic E-state index is 13.0. The van der Waals surface area contributed by atoms with Gasteiger partial charge in [0.2, 0.25) is 15.9 Å². The molecular weight excluding hydrogens is 458 g/mol. The zero-order chi connectivity index (χ0) is 24.5. The highest BCUT2D eigenvalue weighted by atomic mass is 32.2. The van der Waals surface area contributed by atoms with Gasteiger partial charge in [0.1, 0.15) is 0 Å². The molecule has 0 unspecified atom stereocenters. The Balaban J connectivity index is 1.43. The summed E-state index contributed by atoms with van der Waals surface area (Å²) in [4.78, 5) is 24.9. The lowest BCUT2D eigenvalue weighted by Crippen LogP contribution is -2.50. The first-order chi connectivity index (χ1) is 16.2. The number of hydrogen-bond donors (Lipinski definition) is 0. The Bertz CT molecular complexity index is 1330. The highest BCUT2D eigenvalue weighted by molar-refractivity contribution is 7.89. The Hall–Kier alpha value is -3.57. The van der Waals surface area contributed by atoms with Crippen LogP contribution in [-0.4, -0.2) is 64.4 Å². The number of carbonyl (C=O) groups excluding carboxylic acids is 1. The third-order valence-electron chi connectivity index (χ3n) is 6.03. The van der Waals surface area contributed by atoms with Gasteiger partial charge in [-0.2, -0.15) is 9.40 Å². The standard InChI is InChI=1S/C23H25N5O5S/c1-17-22(18(2)27(24-17)19-7-4-3-5-8-19)16-23(29)25-11-13-26(14-12-25)34(32,33)21-10-6-9-20(15-21)28(30)31/h3-10,15H,11-14,16H2,1-2H3. The fourth-order valence-corrected chi connectivity index (χ4v) is 5.56. The van der Waals surface area contributed by atoms with Crippen LogP contribution in [-0.2, 0) is 21.2 Å². The molecule has 1 aromatic heterocycles. The minimum atomic E-state index is -3.89. The van der Waals surface area contributed by atoms with E-state index < -0.39 is 14.9 Å². The molecule has 4 rings (SSSR count). The van der Waals surface area contributed by atoms with Crippen molar-refractivity contribution in [2.24, 2.45) is 0 Å². The number of aromatic nitrogens is 2. The van der Waals surface area contributed by atoms with E-state index in [-0.39, 0.29) is 49.1 Å². The van der Waals surface area contributed by atoms with Crippen molar-refractivity contribution >= 4 is 21.6 Å². The molecule has 0 saturated carbocycles. The minimum Gasteiger partial charge on any atom is -0.340 e. The van der Waals surface area contributed by atoms with Gasteiger partial charge in [0, 0.05) is 49.6 Å². The summed E-state index contributed by atoms with van der Waals surface area (Å²) < 4.78 is 29.0. The van der Waals surface area contributed by atoms with E-state index in [2.05, 4.69) is 5.10 Å². The minimum absolute atomic E-state index is 0.0915. The number of sulfonamides is 1. The second-order valence-corrected chi connectivity index (χ2v) is 10.1. The topological polar surface area (TPSA) is 119 Å². The van der Waals surface area contributed by atoms with Crippen molar-refractivity contribution in [1.82, 2.24) is 19.0 Å². The van der Waals surface area contributed by atoms with Gasteiger partial charge >= 0.3 is 0 Å². The molecule has 10 nitrogen and oxygen atoms in total. The van der Waals surface area contributed by atoms with Crippen LogP contribution in [0.1, 0.15) is 17.0 Å². The molecule has 0 spiro atoms. The Morgan fingerprint density at radius 1 is 1.03 bits per heavy atom. The molecule has 1 aliphatic rings. The summed E-state index contributed by atoms with van der Waals surface area (Å²) in [6.45, 7) is 4.55. The summed E-state index contributed by atoms with van der Waals surface area (Å²) in [6.07, 6.45) is 0.183. The number of aryl methyl sites for hydroxylation is 1. The summed E-state index contributed by atoms with van der Waals surface area (Å²) in [5.41, 5.74) is 3.17. The predicted octanol–water partition coefficient (Wildman–Crippen LogP) is 2.47. The van der Waals surface area contributed by atoms with Gasteiger partial charge in [-0.3, -0.25) is 14.9 Å². The molecule has 0 N–H and O–H groups in total. The van der Waals surface area contributed by atoms with Crippen molar-refractivity contribution in [3.63, 3.8) is 0 Å². The summed E-state index contributed by atoms with van der Waals surface area (Å²) in [6, 6.07) is 14.7. The van der Waals surface area contributed by atoms with E-state index in [4.69, 9.17) is 0 Å². The molecule has 34 heavy (non-hydrogen) atoms. The van der Waals surface area contributed by atoms with E-state index in [1.165, 1.54) is 22.5 Å². The fourth-order valence-electron chi connectivity index (χ4n) is 4.10. The number of nitrogens with zero attached hydrogens (tertiary/aromatic N) is 5. The van der Waals surface area contributed by atoms with Gasteiger partial charge in [-0.15, -0.1) is 0 Å². The Kier molecular flexibility index (Phi) is 6.49. The molecule has 0 bridgehead atoms. The van der Waals surface area contributed by atoms with Crippen molar-refractivity contribution in [1.29, 1.82) is 0 Å². The van der Waals surface area contributed by atoms with Crippen LogP contribution >= 0.6 is 0 Å². The van der Waals surface area contributed by atoms with Crippen LogP contribution in [0.4, 0.5) is 5.69 Å². The van der Waals surface area contributed by atoms with Gasteiger partial charge in [0.25, 0.3) is 5.69 Å². The zero-order valence-electron chi connectivity index (χ0n) is 18.9. The first-order valence-corrected chi connectivity index (χ1v) is 12.3. The van der Waals surface area contributed by atoms with Gasteiger partial charge in [-0.05, 0) is 32.0 Å². The average molecular weight is 484 g/mol. The van der Waals surface area contributed by atoms with E-state index in [9.17, 15) is 23.3 Å². The van der Waals surface area contributed by atoms with Crippen LogP contribution in [0.3, 0.4) is 0 Å². The monoisotopic (exact) mass is 483 g/mol. The number of amides is 1. The number of piperazine rings is 1. The lowest BCUT2D eigenvalue weighted by molar-refractivity contribution is -0.385. The summed E-state index contributed by atoms with van der Waals surface area (Å²) in [7, 11) is -3.89. The maximum atomic E-state index is 13.0. The van der Waals surface area contributed by atoms with Gasteiger partial charge < -0.3 is 4.90 Å². The molecule has 2 aromatic carbocycles. The zero-order valence-corrected chi connectivity index (χ0v) is 19.7. The number of para-hydroxylation sites is 1. The van der Waals surface area contributed by atoms with E-state index in [0.717, 1.165) is 28.7 Å². The number of nitro groups is 1. The van der Waals surface area contributed by atoms with Crippen LogP contribution < -0.4 is 0 Å². The van der Waals surface area contributed by atoms with Crippen molar-refractivity contribution in [3.8, 4) is 5.69 Å². The molecule has 11 heteroatoms. The molecule has 1 aliphatic heterocycles. The number of benzene rings is 2.